The molecule has 0 fully saturated rings. The van der Waals surface area contributed by atoms with Crippen molar-refractivity contribution in [2.75, 3.05) is 30.5 Å². The highest BCUT2D eigenvalue weighted by Gasteiger charge is 2.24. The molecule has 3 N–H and O–H groups in total. The number of hydrogen-bond donors (Lipinski definition) is 3. The molecule has 0 aliphatic carbocycles. The number of para-hydroxylation sites is 1. The van der Waals surface area contributed by atoms with Gasteiger partial charge in [0.25, 0.3) is 10.0 Å². The average Bonchev–Trinajstić information content (AvgIpc) is 2.60. The van der Waals surface area contributed by atoms with Crippen LogP contribution in [-0.2, 0) is 20.1 Å². The van der Waals surface area contributed by atoms with Crippen molar-refractivity contribution in [3.63, 3.8) is 0 Å². The van der Waals surface area contributed by atoms with Gasteiger partial charge in [-0.15, -0.1) is 0 Å². The molecular formula is C14H18N6O7S2. The molecule has 15 heteroatoms. The van der Waals surface area contributed by atoms with Gasteiger partial charge in [0, 0.05) is 7.05 Å². The molecule has 0 atom stereocenters. The molecule has 1 aromatic heterocycles. The summed E-state index contributed by atoms with van der Waals surface area (Å²) in [5.41, 5.74) is 0. The monoisotopic (exact) mass is 446 g/mol. The highest BCUT2D eigenvalue weighted by molar-refractivity contribution is 7.90. The largest absolute Gasteiger partial charge is 0.464 e. The highest BCUT2D eigenvalue weighted by atomic mass is 32.2. The van der Waals surface area contributed by atoms with Crippen molar-refractivity contribution < 1.29 is 30.6 Å². The molecule has 2 aromatic rings. The molecule has 0 aliphatic heterocycles. The van der Waals surface area contributed by atoms with Gasteiger partial charge in [0.15, 0.2) is 5.75 Å². The van der Waals surface area contributed by atoms with Gasteiger partial charge in [-0.25, -0.2) is 17.9 Å². The lowest BCUT2D eigenvalue weighted by atomic mass is 10.3. The Bertz CT molecular complexity index is 1110. The predicted molar refractivity (Wildman–Crippen MR) is 102 cm³/mol. The zero-order valence-electron chi connectivity index (χ0n) is 15.5. The third kappa shape index (κ3) is 6.42. The topological polar surface area (TPSA) is 179 Å². The maximum absolute atomic E-state index is 12.5. The molecule has 0 bridgehead atoms. The molecule has 29 heavy (non-hydrogen) atoms. The molecule has 0 radical (unpaired) electrons. The summed E-state index contributed by atoms with van der Waals surface area (Å²) in [6.45, 7) is 1.95. The van der Waals surface area contributed by atoms with E-state index in [0.717, 1.165) is 18.4 Å². The Hall–Kier alpha value is -3.20. The predicted octanol–water partition coefficient (Wildman–Crippen LogP) is 0.161. The fraction of sp³-hybridized carbons (Fsp3) is 0.286. The van der Waals surface area contributed by atoms with Gasteiger partial charge in [0.2, 0.25) is 11.9 Å². The normalized spacial score (nSPS) is 11.4. The first-order chi connectivity index (χ1) is 13.5. The van der Waals surface area contributed by atoms with E-state index in [0.29, 0.717) is 0 Å². The maximum Gasteiger partial charge on any atom is 0.335 e. The molecular weight excluding hydrogens is 428 g/mol. The third-order valence-electron chi connectivity index (χ3n) is 2.94. The van der Waals surface area contributed by atoms with Crippen LogP contribution in [-0.4, -0.2) is 57.7 Å². The van der Waals surface area contributed by atoms with Crippen LogP contribution < -0.4 is 24.3 Å². The molecule has 13 nitrogen and oxygen atoms in total. The fourth-order valence-corrected chi connectivity index (χ4v) is 3.49. The van der Waals surface area contributed by atoms with Crippen LogP contribution >= 0.6 is 0 Å². The first kappa shape index (κ1) is 22.1. The van der Waals surface area contributed by atoms with E-state index in [4.69, 9.17) is 4.74 Å². The SMILES string of the molecule is CCOc1nc(NC)nc(NC(=O)NS(=O)(=O)c2ccccc2OS(C)(=O)=O)n1. The number of nitrogens with zero attached hydrogens (tertiary/aromatic N) is 3. The summed E-state index contributed by atoms with van der Waals surface area (Å²) >= 11 is 0. The minimum Gasteiger partial charge on any atom is -0.464 e. The lowest BCUT2D eigenvalue weighted by Gasteiger charge is -2.12. The van der Waals surface area contributed by atoms with Gasteiger partial charge in [-0.3, -0.25) is 5.32 Å². The summed E-state index contributed by atoms with van der Waals surface area (Å²) in [7, 11) is -6.96. The number of hydrogen-bond acceptors (Lipinski definition) is 11. The molecule has 0 unspecified atom stereocenters. The summed E-state index contributed by atoms with van der Waals surface area (Å²) in [6.07, 6.45) is 0.757. The van der Waals surface area contributed by atoms with E-state index in [-0.39, 0.29) is 24.5 Å². The van der Waals surface area contributed by atoms with E-state index in [2.05, 4.69) is 29.8 Å². The number of carbonyl (C=O) groups is 1. The van der Waals surface area contributed by atoms with Gasteiger partial charge in [-0.2, -0.15) is 23.4 Å². The third-order valence-corrected chi connectivity index (χ3v) is 4.80. The quantitative estimate of drug-likeness (QED) is 0.470. The molecule has 2 amide bonds. The molecule has 0 aliphatic rings. The molecule has 1 heterocycles. The summed E-state index contributed by atoms with van der Waals surface area (Å²) < 4.78 is 59.2. The molecule has 0 saturated heterocycles. The molecule has 1 aromatic carbocycles. The number of urea groups is 1. The number of anilines is 2. The van der Waals surface area contributed by atoms with Crippen LogP contribution in [0.25, 0.3) is 0 Å². The Labute approximate surface area is 167 Å². The van der Waals surface area contributed by atoms with Crippen LogP contribution in [0.1, 0.15) is 6.92 Å². The van der Waals surface area contributed by atoms with Crippen LogP contribution in [0.4, 0.5) is 16.7 Å². The Kier molecular flexibility index (Phi) is 6.76. The van der Waals surface area contributed by atoms with Gasteiger partial charge in [-0.05, 0) is 19.1 Å². The van der Waals surface area contributed by atoms with E-state index in [9.17, 15) is 21.6 Å². The van der Waals surface area contributed by atoms with Crippen molar-refractivity contribution in [3.05, 3.63) is 24.3 Å². The second-order valence-electron chi connectivity index (χ2n) is 5.24. The number of amides is 2. The van der Waals surface area contributed by atoms with E-state index in [1.165, 1.54) is 19.2 Å². The highest BCUT2D eigenvalue weighted by Crippen LogP contribution is 2.24. The van der Waals surface area contributed by atoms with Gasteiger partial charge < -0.3 is 14.2 Å². The van der Waals surface area contributed by atoms with Crippen LogP contribution in [0.5, 0.6) is 11.8 Å². The smallest absolute Gasteiger partial charge is 0.335 e. The van der Waals surface area contributed by atoms with Crippen molar-refractivity contribution in [1.29, 1.82) is 0 Å². The number of carbonyl (C=O) groups excluding carboxylic acids is 1. The van der Waals surface area contributed by atoms with Crippen molar-refractivity contribution in [3.8, 4) is 11.8 Å². The van der Waals surface area contributed by atoms with Crippen LogP contribution in [0.3, 0.4) is 0 Å². The Balaban J connectivity index is 2.24. The number of ether oxygens (including phenoxy) is 1. The molecule has 0 spiro atoms. The summed E-state index contributed by atoms with van der Waals surface area (Å²) in [5.74, 6) is -0.666. The van der Waals surface area contributed by atoms with Crippen molar-refractivity contribution in [1.82, 2.24) is 19.7 Å². The molecule has 158 valence electrons. The van der Waals surface area contributed by atoms with Gasteiger partial charge in [-0.1, -0.05) is 12.1 Å². The van der Waals surface area contributed by atoms with E-state index < -0.39 is 36.8 Å². The fourth-order valence-electron chi connectivity index (χ4n) is 1.93. The van der Waals surface area contributed by atoms with Crippen molar-refractivity contribution in [2.45, 2.75) is 11.8 Å². The minimum absolute atomic E-state index is 0.0773. The number of benzene rings is 1. The average molecular weight is 446 g/mol. The van der Waals surface area contributed by atoms with Crippen LogP contribution in [0.15, 0.2) is 29.2 Å². The maximum atomic E-state index is 12.5. The number of rotatable bonds is 8. The van der Waals surface area contributed by atoms with E-state index in [1.54, 1.807) is 11.6 Å². The number of sulfonamides is 1. The zero-order chi connectivity index (χ0) is 21.7. The zero-order valence-corrected chi connectivity index (χ0v) is 17.2. The first-order valence-electron chi connectivity index (χ1n) is 7.93. The standard InChI is InChI=1S/C14H18N6O7S2/c1-4-26-14-18-11(15-2)16-12(19-14)17-13(21)20-29(24,25)10-8-6-5-7-9(10)27-28(3,22)23/h5-8H,4H2,1-3H3,(H3,15,16,17,18,19,20,21). The molecule has 2 rings (SSSR count). The summed E-state index contributed by atoms with van der Waals surface area (Å²) in [5, 5.41) is 4.78. The van der Waals surface area contributed by atoms with E-state index in [1.807, 2.05) is 0 Å². The van der Waals surface area contributed by atoms with Gasteiger partial charge >= 0.3 is 22.2 Å². The van der Waals surface area contributed by atoms with Gasteiger partial charge in [0.1, 0.15) is 4.90 Å². The Morgan fingerprint density at radius 3 is 2.34 bits per heavy atom. The lowest BCUT2D eigenvalue weighted by Crippen LogP contribution is -2.35. The second kappa shape index (κ2) is 8.87. The number of aromatic nitrogens is 3. The van der Waals surface area contributed by atoms with E-state index >= 15 is 0 Å². The summed E-state index contributed by atoms with van der Waals surface area (Å²) in [6, 6.07) is 3.63. The van der Waals surface area contributed by atoms with Gasteiger partial charge in [0.05, 0.1) is 12.9 Å². The number of nitrogens with one attached hydrogen (secondary N) is 3. The Morgan fingerprint density at radius 1 is 1.07 bits per heavy atom. The van der Waals surface area contributed by atoms with Crippen LogP contribution in [0, 0.1) is 0 Å². The second-order valence-corrected chi connectivity index (χ2v) is 8.47. The van der Waals surface area contributed by atoms with Crippen LogP contribution in [0.2, 0.25) is 0 Å². The van der Waals surface area contributed by atoms with Crippen molar-refractivity contribution >= 4 is 38.1 Å². The molecule has 0 saturated carbocycles. The first-order valence-corrected chi connectivity index (χ1v) is 11.2. The lowest BCUT2D eigenvalue weighted by molar-refractivity contribution is 0.256. The summed E-state index contributed by atoms with van der Waals surface area (Å²) in [4.78, 5) is 23.2. The Morgan fingerprint density at radius 2 is 1.72 bits per heavy atom. The van der Waals surface area contributed by atoms with Crippen molar-refractivity contribution in [2.24, 2.45) is 0 Å². The minimum atomic E-state index is -4.49.